The van der Waals surface area contributed by atoms with E-state index in [-0.39, 0.29) is 5.91 Å². The fraction of sp³-hybridized carbons (Fsp3) is 0.161. The maximum absolute atomic E-state index is 13.2. The Labute approximate surface area is 229 Å². The topological polar surface area (TPSA) is 90.9 Å². The number of nitrogens with zero attached hydrogens (tertiary/aromatic N) is 2. The maximum Gasteiger partial charge on any atom is 0.238 e. The largest absolute Gasteiger partial charge is 0.325 e. The minimum Gasteiger partial charge on any atom is -0.325 e. The molecular weight excluding hydrogens is 508 g/mol. The Hall–Kier alpha value is -4.27. The highest BCUT2D eigenvalue weighted by Crippen LogP contribution is 2.38. The standard InChI is InChI=1S/C31H30N4O3S/c1-35(20-22-9-5-3-6-10-22)21-23-13-15-25(16-14-23)32-30(24-11-7-4-8-12-24)29-27-19-26(34-39(2,37)38)17-18-28(27)33-31(29)36/h3-19,29,34H,20-21H2,1-2H3,(H,33,36). The molecule has 1 unspecified atom stereocenters. The Morgan fingerprint density at radius 2 is 1.49 bits per heavy atom. The van der Waals surface area contributed by atoms with Crippen LogP contribution < -0.4 is 10.0 Å². The second-order valence-corrected chi connectivity index (χ2v) is 11.5. The van der Waals surface area contributed by atoms with E-state index in [4.69, 9.17) is 4.99 Å². The van der Waals surface area contributed by atoms with E-state index in [0.29, 0.717) is 22.6 Å². The van der Waals surface area contributed by atoms with Crippen LogP contribution in [-0.4, -0.2) is 38.2 Å². The molecule has 1 aliphatic rings. The Bertz CT molecular complexity index is 1600. The van der Waals surface area contributed by atoms with E-state index in [2.05, 4.69) is 46.3 Å². The van der Waals surface area contributed by atoms with Gasteiger partial charge in [0.15, 0.2) is 0 Å². The molecule has 0 aromatic heterocycles. The second-order valence-electron chi connectivity index (χ2n) is 9.79. The van der Waals surface area contributed by atoms with E-state index in [1.807, 2.05) is 60.7 Å². The summed E-state index contributed by atoms with van der Waals surface area (Å²) in [6.07, 6.45) is 1.10. The summed E-state index contributed by atoms with van der Waals surface area (Å²) in [5, 5.41) is 2.92. The van der Waals surface area contributed by atoms with Gasteiger partial charge in [-0.3, -0.25) is 19.4 Å². The monoisotopic (exact) mass is 538 g/mol. The number of nitrogens with one attached hydrogen (secondary N) is 2. The highest BCUT2D eigenvalue weighted by atomic mass is 32.2. The van der Waals surface area contributed by atoms with E-state index in [0.717, 1.165) is 36.2 Å². The van der Waals surface area contributed by atoms with E-state index in [1.54, 1.807) is 18.2 Å². The van der Waals surface area contributed by atoms with Gasteiger partial charge < -0.3 is 5.32 Å². The van der Waals surface area contributed by atoms with Crippen molar-refractivity contribution in [2.45, 2.75) is 19.0 Å². The third kappa shape index (κ3) is 6.60. The van der Waals surface area contributed by atoms with E-state index in [1.165, 1.54) is 5.56 Å². The molecule has 1 amide bonds. The molecule has 0 fully saturated rings. The number of aliphatic imine (C=N–C) groups is 1. The molecular formula is C31H30N4O3S. The van der Waals surface area contributed by atoms with Crippen LogP contribution in [0, 0.1) is 0 Å². The predicted molar refractivity (Wildman–Crippen MR) is 157 cm³/mol. The number of benzene rings is 4. The van der Waals surface area contributed by atoms with E-state index >= 15 is 0 Å². The van der Waals surface area contributed by atoms with Gasteiger partial charge in [0.2, 0.25) is 15.9 Å². The highest BCUT2D eigenvalue weighted by Gasteiger charge is 2.35. The minimum atomic E-state index is -3.47. The molecule has 0 spiro atoms. The number of carbonyl (C=O) groups excluding carboxylic acids is 1. The van der Waals surface area contributed by atoms with Gasteiger partial charge >= 0.3 is 0 Å². The van der Waals surface area contributed by atoms with Crippen molar-refractivity contribution in [2.75, 3.05) is 23.3 Å². The molecule has 1 aliphatic heterocycles. The Balaban J connectivity index is 1.44. The number of hydrogen-bond donors (Lipinski definition) is 2. The van der Waals surface area contributed by atoms with Crippen molar-refractivity contribution in [3.8, 4) is 0 Å². The first kappa shape index (κ1) is 26.3. The predicted octanol–water partition coefficient (Wildman–Crippen LogP) is 5.55. The first-order chi connectivity index (χ1) is 18.7. The van der Waals surface area contributed by atoms with E-state index in [9.17, 15) is 13.2 Å². The van der Waals surface area contributed by atoms with Crippen molar-refractivity contribution in [1.82, 2.24) is 4.90 Å². The van der Waals surface area contributed by atoms with Gasteiger partial charge in [0.05, 0.1) is 17.7 Å². The molecule has 4 aromatic rings. The molecule has 2 N–H and O–H groups in total. The lowest BCUT2D eigenvalue weighted by Gasteiger charge is -2.17. The molecule has 1 atom stereocenters. The zero-order chi connectivity index (χ0) is 27.4. The van der Waals surface area contributed by atoms with Gasteiger partial charge in [0, 0.05) is 24.5 Å². The smallest absolute Gasteiger partial charge is 0.238 e. The molecule has 0 bridgehead atoms. The number of fused-ring (bicyclic) bond motifs is 1. The molecule has 4 aromatic carbocycles. The molecule has 0 radical (unpaired) electrons. The lowest BCUT2D eigenvalue weighted by Crippen LogP contribution is -2.22. The number of amides is 1. The summed E-state index contributed by atoms with van der Waals surface area (Å²) < 4.78 is 26.1. The summed E-state index contributed by atoms with van der Waals surface area (Å²) >= 11 is 0. The first-order valence-electron chi connectivity index (χ1n) is 12.6. The summed E-state index contributed by atoms with van der Waals surface area (Å²) in [7, 11) is -1.37. The summed E-state index contributed by atoms with van der Waals surface area (Å²) in [5.41, 5.74) is 6.28. The maximum atomic E-state index is 13.2. The first-order valence-corrected chi connectivity index (χ1v) is 14.5. The molecule has 5 rings (SSSR count). The van der Waals surface area contributed by atoms with Crippen LogP contribution in [0.25, 0.3) is 0 Å². The summed E-state index contributed by atoms with van der Waals surface area (Å²) in [6.45, 7) is 1.64. The molecule has 8 heteroatoms. The van der Waals surface area contributed by atoms with Gasteiger partial charge in [0.25, 0.3) is 0 Å². The number of hydrogen-bond acceptors (Lipinski definition) is 5. The molecule has 0 aliphatic carbocycles. The van der Waals surface area contributed by atoms with Gasteiger partial charge in [-0.1, -0.05) is 72.8 Å². The van der Waals surface area contributed by atoms with Crippen molar-refractivity contribution >= 4 is 38.7 Å². The van der Waals surface area contributed by atoms with Crippen LogP contribution in [0.2, 0.25) is 0 Å². The van der Waals surface area contributed by atoms with Crippen molar-refractivity contribution in [3.05, 3.63) is 125 Å². The van der Waals surface area contributed by atoms with Crippen molar-refractivity contribution in [1.29, 1.82) is 0 Å². The van der Waals surface area contributed by atoms with Gasteiger partial charge in [-0.25, -0.2) is 8.42 Å². The van der Waals surface area contributed by atoms with Crippen LogP contribution in [0.3, 0.4) is 0 Å². The SMILES string of the molecule is CN(Cc1ccccc1)Cc1ccc(N=C(c2ccccc2)C2C(=O)Nc3ccc(NS(C)(=O)=O)cc32)cc1. The van der Waals surface area contributed by atoms with Gasteiger partial charge in [-0.2, -0.15) is 0 Å². The number of anilines is 2. The fourth-order valence-corrected chi connectivity index (χ4v) is 5.35. The zero-order valence-corrected chi connectivity index (χ0v) is 22.7. The third-order valence-electron chi connectivity index (χ3n) is 6.46. The normalized spacial score (nSPS) is 15.2. The Kier molecular flexibility index (Phi) is 7.58. The van der Waals surface area contributed by atoms with Crippen molar-refractivity contribution in [3.63, 3.8) is 0 Å². The zero-order valence-electron chi connectivity index (χ0n) is 21.8. The second kappa shape index (κ2) is 11.2. The summed E-state index contributed by atoms with van der Waals surface area (Å²) in [5.74, 6) is -0.899. The lowest BCUT2D eigenvalue weighted by molar-refractivity contribution is -0.115. The van der Waals surface area contributed by atoms with Crippen LogP contribution in [0.5, 0.6) is 0 Å². The van der Waals surface area contributed by atoms with Crippen molar-refractivity contribution in [2.24, 2.45) is 4.99 Å². The molecule has 0 saturated heterocycles. The molecule has 198 valence electrons. The quantitative estimate of drug-likeness (QED) is 0.274. The molecule has 1 heterocycles. The molecule has 7 nitrogen and oxygen atoms in total. The third-order valence-corrected chi connectivity index (χ3v) is 7.07. The van der Waals surface area contributed by atoms with Crippen LogP contribution in [0.15, 0.2) is 108 Å². The summed E-state index contributed by atoms with van der Waals surface area (Å²) in [4.78, 5) is 20.4. The minimum absolute atomic E-state index is 0.205. The number of rotatable bonds is 9. The highest BCUT2D eigenvalue weighted by molar-refractivity contribution is 7.92. The lowest BCUT2D eigenvalue weighted by atomic mass is 9.90. The van der Waals surface area contributed by atoms with Gasteiger partial charge in [0.1, 0.15) is 5.92 Å². The van der Waals surface area contributed by atoms with Gasteiger partial charge in [-0.15, -0.1) is 0 Å². The van der Waals surface area contributed by atoms with Crippen LogP contribution in [-0.2, 0) is 27.9 Å². The summed E-state index contributed by atoms with van der Waals surface area (Å²) in [6, 6.07) is 33.0. The van der Waals surface area contributed by atoms with Crippen LogP contribution in [0.1, 0.15) is 28.2 Å². The average Bonchev–Trinajstić information content (AvgIpc) is 3.23. The van der Waals surface area contributed by atoms with Crippen LogP contribution in [0.4, 0.5) is 17.1 Å². The molecule has 0 saturated carbocycles. The van der Waals surface area contributed by atoms with E-state index < -0.39 is 15.9 Å². The number of carbonyl (C=O) groups is 1. The number of sulfonamides is 1. The Morgan fingerprint density at radius 3 is 2.13 bits per heavy atom. The van der Waals surface area contributed by atoms with Crippen LogP contribution >= 0.6 is 0 Å². The van der Waals surface area contributed by atoms with Gasteiger partial charge in [-0.05, 0) is 59.6 Å². The Morgan fingerprint density at radius 1 is 0.872 bits per heavy atom. The average molecular weight is 539 g/mol. The fourth-order valence-electron chi connectivity index (χ4n) is 4.79. The van der Waals surface area contributed by atoms with Crippen molar-refractivity contribution < 1.29 is 13.2 Å². The molecule has 39 heavy (non-hydrogen) atoms.